The molecular weight excluding hydrogens is 212 g/mol. The van der Waals surface area contributed by atoms with E-state index >= 15 is 0 Å². The van der Waals surface area contributed by atoms with Gasteiger partial charge in [-0.2, -0.15) is 0 Å². The average Bonchev–Trinajstić information content (AvgIpc) is 2.98. The van der Waals surface area contributed by atoms with Gasteiger partial charge in [0, 0.05) is 35.2 Å². The van der Waals surface area contributed by atoms with Gasteiger partial charge in [0.2, 0.25) is 0 Å². The number of nitrogens with zero attached hydrogens (tertiary/aromatic N) is 1. The zero-order valence-electron chi connectivity index (χ0n) is 9.61. The zero-order chi connectivity index (χ0) is 11.7. The fourth-order valence-electron chi connectivity index (χ4n) is 2.23. The highest BCUT2D eigenvalue weighted by atomic mass is 15.2. The number of benzene rings is 1. The molecule has 4 nitrogen and oxygen atoms in total. The van der Waals surface area contributed by atoms with Crippen molar-refractivity contribution >= 4 is 16.6 Å². The molecule has 0 unspecified atom stereocenters. The number of rotatable bonds is 3. The van der Waals surface area contributed by atoms with Gasteiger partial charge < -0.3 is 20.9 Å². The normalized spacial score (nSPS) is 14.5. The minimum absolute atomic E-state index is 0.683. The number of fused-ring (bicyclic) bond motifs is 1. The molecule has 0 saturated carbocycles. The largest absolute Gasteiger partial charge is 0.372 e. The predicted octanol–water partition coefficient (Wildman–Crippen LogP) is 1.51. The van der Waals surface area contributed by atoms with Crippen LogP contribution < -0.4 is 16.0 Å². The lowest BCUT2D eigenvalue weighted by atomic mass is 10.1. The van der Waals surface area contributed by atoms with Crippen LogP contribution in [-0.2, 0) is 6.42 Å². The topological polar surface area (TPSA) is 57.1 Å². The number of anilines is 1. The van der Waals surface area contributed by atoms with Crippen molar-refractivity contribution in [3.63, 3.8) is 0 Å². The second-order valence-corrected chi connectivity index (χ2v) is 4.23. The number of aromatic amines is 1. The smallest absolute Gasteiger partial charge is 0.0916 e. The molecule has 4 heteroatoms. The number of nitrogens with two attached hydrogens (primary N) is 1. The van der Waals surface area contributed by atoms with Gasteiger partial charge in [-0.15, -0.1) is 0 Å². The summed E-state index contributed by atoms with van der Waals surface area (Å²) in [5.74, 6) is 0. The van der Waals surface area contributed by atoms with Crippen molar-refractivity contribution in [3.8, 4) is 0 Å². The SMILES string of the molecule is NCCc1c[nH]c2ccc(N3C=CNC3)cc12. The summed E-state index contributed by atoms with van der Waals surface area (Å²) in [4.78, 5) is 5.46. The highest BCUT2D eigenvalue weighted by molar-refractivity contribution is 5.87. The van der Waals surface area contributed by atoms with Crippen LogP contribution in [0, 0.1) is 0 Å². The van der Waals surface area contributed by atoms with Crippen molar-refractivity contribution in [1.29, 1.82) is 0 Å². The van der Waals surface area contributed by atoms with E-state index in [9.17, 15) is 0 Å². The van der Waals surface area contributed by atoms with Gasteiger partial charge in [0.1, 0.15) is 0 Å². The molecule has 0 saturated heterocycles. The first-order valence-corrected chi connectivity index (χ1v) is 5.85. The summed E-state index contributed by atoms with van der Waals surface area (Å²) in [6.07, 6.45) is 6.98. The maximum atomic E-state index is 5.63. The molecule has 1 aliphatic heterocycles. The molecule has 2 aromatic rings. The predicted molar refractivity (Wildman–Crippen MR) is 70.7 cm³/mol. The van der Waals surface area contributed by atoms with E-state index in [0.717, 1.165) is 13.1 Å². The van der Waals surface area contributed by atoms with Crippen LogP contribution >= 0.6 is 0 Å². The molecule has 0 amide bonds. The zero-order valence-corrected chi connectivity index (χ0v) is 9.61. The summed E-state index contributed by atoms with van der Waals surface area (Å²) >= 11 is 0. The summed E-state index contributed by atoms with van der Waals surface area (Å²) in [6.45, 7) is 1.52. The molecule has 0 spiro atoms. The standard InChI is InChI=1S/C13H16N4/c14-4-3-10-8-16-13-2-1-11(7-12(10)13)17-6-5-15-9-17/h1-2,5-8,15-16H,3-4,9,14H2. The molecule has 1 aromatic carbocycles. The Morgan fingerprint density at radius 1 is 1.35 bits per heavy atom. The first-order chi connectivity index (χ1) is 8.38. The molecule has 88 valence electrons. The van der Waals surface area contributed by atoms with E-state index < -0.39 is 0 Å². The molecule has 0 bridgehead atoms. The molecule has 0 fully saturated rings. The lowest BCUT2D eigenvalue weighted by molar-refractivity contribution is 0.901. The van der Waals surface area contributed by atoms with Gasteiger partial charge in [0.25, 0.3) is 0 Å². The van der Waals surface area contributed by atoms with Crippen molar-refractivity contribution in [2.75, 3.05) is 18.1 Å². The maximum Gasteiger partial charge on any atom is 0.0916 e. The molecule has 3 rings (SSSR count). The third-order valence-corrected chi connectivity index (χ3v) is 3.13. The monoisotopic (exact) mass is 228 g/mol. The number of H-pyrrole nitrogens is 1. The molecule has 17 heavy (non-hydrogen) atoms. The van der Waals surface area contributed by atoms with Crippen molar-refractivity contribution in [2.24, 2.45) is 5.73 Å². The Morgan fingerprint density at radius 3 is 3.06 bits per heavy atom. The number of hydrogen-bond acceptors (Lipinski definition) is 3. The van der Waals surface area contributed by atoms with E-state index in [2.05, 4.69) is 45.8 Å². The van der Waals surface area contributed by atoms with Gasteiger partial charge in [-0.05, 0) is 36.7 Å². The fourth-order valence-corrected chi connectivity index (χ4v) is 2.23. The van der Waals surface area contributed by atoms with E-state index in [1.165, 1.54) is 22.2 Å². The van der Waals surface area contributed by atoms with E-state index in [0.29, 0.717) is 6.54 Å². The highest BCUT2D eigenvalue weighted by Crippen LogP contribution is 2.25. The van der Waals surface area contributed by atoms with E-state index in [4.69, 9.17) is 5.73 Å². The Bertz CT molecular complexity index is 556. The molecule has 0 aliphatic carbocycles. The van der Waals surface area contributed by atoms with Gasteiger partial charge >= 0.3 is 0 Å². The summed E-state index contributed by atoms with van der Waals surface area (Å²) in [5, 5.41) is 4.44. The fraction of sp³-hybridized carbons (Fsp3) is 0.231. The maximum absolute atomic E-state index is 5.63. The summed E-state index contributed by atoms with van der Waals surface area (Å²) < 4.78 is 0. The Hall–Kier alpha value is -1.94. The van der Waals surface area contributed by atoms with E-state index in [1.807, 2.05) is 6.20 Å². The minimum Gasteiger partial charge on any atom is -0.372 e. The number of nitrogens with one attached hydrogen (secondary N) is 2. The second kappa shape index (κ2) is 4.14. The third-order valence-electron chi connectivity index (χ3n) is 3.13. The first kappa shape index (κ1) is 10.2. The molecule has 1 aliphatic rings. The van der Waals surface area contributed by atoms with Gasteiger partial charge in [0.05, 0.1) is 6.67 Å². The molecule has 0 radical (unpaired) electrons. The third kappa shape index (κ3) is 1.76. The quantitative estimate of drug-likeness (QED) is 0.746. The van der Waals surface area contributed by atoms with Gasteiger partial charge in [-0.3, -0.25) is 0 Å². The van der Waals surface area contributed by atoms with Crippen LogP contribution in [0.2, 0.25) is 0 Å². The summed E-state index contributed by atoms with van der Waals surface area (Å²) in [5.41, 5.74) is 9.30. The lowest BCUT2D eigenvalue weighted by Crippen LogP contribution is -2.19. The van der Waals surface area contributed by atoms with Crippen molar-refractivity contribution in [1.82, 2.24) is 10.3 Å². The van der Waals surface area contributed by atoms with E-state index in [1.54, 1.807) is 0 Å². The Kier molecular flexibility index (Phi) is 2.49. The van der Waals surface area contributed by atoms with Crippen LogP contribution in [0.15, 0.2) is 36.8 Å². The van der Waals surface area contributed by atoms with Crippen molar-refractivity contribution in [2.45, 2.75) is 6.42 Å². The van der Waals surface area contributed by atoms with Gasteiger partial charge in [0.15, 0.2) is 0 Å². The van der Waals surface area contributed by atoms with E-state index in [-0.39, 0.29) is 0 Å². The van der Waals surface area contributed by atoms with Gasteiger partial charge in [-0.1, -0.05) is 0 Å². The number of hydrogen-bond donors (Lipinski definition) is 3. The Labute approximate surface area is 100 Å². The number of aromatic nitrogens is 1. The van der Waals surface area contributed by atoms with Crippen LogP contribution in [0.1, 0.15) is 5.56 Å². The lowest BCUT2D eigenvalue weighted by Gasteiger charge is -2.15. The highest BCUT2D eigenvalue weighted by Gasteiger charge is 2.09. The summed E-state index contributed by atoms with van der Waals surface area (Å²) in [7, 11) is 0. The molecule has 4 N–H and O–H groups in total. The van der Waals surface area contributed by atoms with Crippen molar-refractivity contribution < 1.29 is 0 Å². The summed E-state index contributed by atoms with van der Waals surface area (Å²) in [6, 6.07) is 6.47. The Balaban J connectivity index is 2.03. The van der Waals surface area contributed by atoms with Crippen LogP contribution in [0.25, 0.3) is 10.9 Å². The molecule has 2 heterocycles. The van der Waals surface area contributed by atoms with Crippen LogP contribution in [0.3, 0.4) is 0 Å². The molecule has 1 aromatic heterocycles. The average molecular weight is 228 g/mol. The molecule has 0 atom stereocenters. The minimum atomic E-state index is 0.683. The Morgan fingerprint density at radius 2 is 2.29 bits per heavy atom. The first-order valence-electron chi connectivity index (χ1n) is 5.85. The van der Waals surface area contributed by atoms with Crippen molar-refractivity contribution in [3.05, 3.63) is 42.4 Å². The van der Waals surface area contributed by atoms with Crippen LogP contribution in [0.5, 0.6) is 0 Å². The molecular formula is C13H16N4. The van der Waals surface area contributed by atoms with Crippen LogP contribution in [0.4, 0.5) is 5.69 Å². The van der Waals surface area contributed by atoms with Crippen LogP contribution in [-0.4, -0.2) is 18.2 Å². The second-order valence-electron chi connectivity index (χ2n) is 4.23. The van der Waals surface area contributed by atoms with Gasteiger partial charge in [-0.25, -0.2) is 0 Å².